The Labute approximate surface area is 71.2 Å². The first kappa shape index (κ1) is 9.21. The minimum Gasteiger partial charge on any atom is -0.281 e. The van der Waals surface area contributed by atoms with E-state index in [-0.39, 0.29) is 12.3 Å². The van der Waals surface area contributed by atoms with E-state index in [9.17, 15) is 8.42 Å². The quantitative estimate of drug-likeness (QED) is 0.691. The fraction of sp³-hybridized carbons (Fsp3) is 0.500. The number of aromatic amines is 1. The topological polar surface area (TPSA) is 74.8 Å². The smallest absolute Gasteiger partial charge is 0.211 e. The van der Waals surface area contributed by atoms with E-state index in [0.29, 0.717) is 0 Å². The van der Waals surface area contributed by atoms with E-state index in [0.717, 1.165) is 5.69 Å². The lowest BCUT2D eigenvalue weighted by Crippen LogP contribution is -2.24. The highest BCUT2D eigenvalue weighted by Crippen LogP contribution is 1.92. The molecule has 2 N–H and O–H groups in total. The molecular weight excluding hydrogens is 178 g/mol. The van der Waals surface area contributed by atoms with Crippen molar-refractivity contribution in [2.75, 3.05) is 5.75 Å². The Kier molecular flexibility index (Phi) is 2.83. The predicted octanol–water partition coefficient (Wildman–Crippen LogP) is -0.151. The molecular formula is C6H11N3O2S. The van der Waals surface area contributed by atoms with Gasteiger partial charge < -0.3 is 0 Å². The third-order valence-electron chi connectivity index (χ3n) is 1.42. The molecule has 1 rings (SSSR count). The maximum absolute atomic E-state index is 10.9. The second-order valence-corrected chi connectivity index (χ2v) is 4.40. The Hall–Kier alpha value is -0.880. The number of aromatic nitrogens is 2. The van der Waals surface area contributed by atoms with Crippen LogP contribution in [0.4, 0.5) is 0 Å². The minimum absolute atomic E-state index is 0.0984. The molecule has 0 bridgehead atoms. The summed E-state index contributed by atoms with van der Waals surface area (Å²) in [5.74, 6) is 0.0984. The molecule has 0 aliphatic carbocycles. The normalized spacial score (nSPS) is 11.8. The van der Waals surface area contributed by atoms with E-state index < -0.39 is 10.0 Å². The van der Waals surface area contributed by atoms with Crippen LogP contribution in [0, 0.1) is 0 Å². The van der Waals surface area contributed by atoms with Crippen molar-refractivity contribution in [3.05, 3.63) is 18.0 Å². The van der Waals surface area contributed by atoms with E-state index in [1.165, 1.54) is 0 Å². The van der Waals surface area contributed by atoms with E-state index in [2.05, 4.69) is 14.9 Å². The molecule has 1 heterocycles. The van der Waals surface area contributed by atoms with Gasteiger partial charge in [-0.05, 0) is 13.0 Å². The van der Waals surface area contributed by atoms with E-state index >= 15 is 0 Å². The van der Waals surface area contributed by atoms with Crippen LogP contribution in [-0.2, 0) is 16.6 Å². The zero-order valence-corrected chi connectivity index (χ0v) is 7.56. The molecule has 0 atom stereocenters. The largest absolute Gasteiger partial charge is 0.281 e. The SMILES string of the molecule is CCS(=O)(=O)NCc1ccn[nH]1. The maximum Gasteiger partial charge on any atom is 0.211 e. The molecule has 1 aromatic rings. The summed E-state index contributed by atoms with van der Waals surface area (Å²) in [6, 6.07) is 1.72. The number of hydrogen-bond donors (Lipinski definition) is 2. The minimum atomic E-state index is -3.09. The van der Waals surface area contributed by atoms with Gasteiger partial charge in [0.05, 0.1) is 18.0 Å². The van der Waals surface area contributed by atoms with Gasteiger partial charge in [0.25, 0.3) is 0 Å². The van der Waals surface area contributed by atoms with Gasteiger partial charge in [0.2, 0.25) is 10.0 Å². The fourth-order valence-corrected chi connectivity index (χ4v) is 1.25. The molecule has 0 unspecified atom stereocenters. The van der Waals surface area contributed by atoms with Gasteiger partial charge in [-0.3, -0.25) is 5.10 Å². The first-order valence-electron chi connectivity index (χ1n) is 3.59. The summed E-state index contributed by atoms with van der Waals surface area (Å²) in [6.07, 6.45) is 1.58. The van der Waals surface area contributed by atoms with E-state index in [1.54, 1.807) is 19.2 Å². The van der Waals surface area contributed by atoms with Gasteiger partial charge in [-0.2, -0.15) is 5.10 Å². The third kappa shape index (κ3) is 2.63. The summed E-state index contributed by atoms with van der Waals surface area (Å²) in [7, 11) is -3.09. The second-order valence-electron chi connectivity index (χ2n) is 2.31. The Bertz CT molecular complexity index is 317. The standard InChI is InChI=1S/C6H11N3O2S/c1-2-12(10,11)8-5-6-3-4-7-9-6/h3-4,8H,2,5H2,1H3,(H,7,9). The highest BCUT2D eigenvalue weighted by atomic mass is 32.2. The monoisotopic (exact) mass is 189 g/mol. The highest BCUT2D eigenvalue weighted by Gasteiger charge is 2.05. The van der Waals surface area contributed by atoms with Crippen molar-refractivity contribution in [2.45, 2.75) is 13.5 Å². The van der Waals surface area contributed by atoms with Crippen molar-refractivity contribution < 1.29 is 8.42 Å². The van der Waals surface area contributed by atoms with Crippen LogP contribution >= 0.6 is 0 Å². The highest BCUT2D eigenvalue weighted by molar-refractivity contribution is 7.89. The lowest BCUT2D eigenvalue weighted by molar-refractivity contribution is 0.581. The van der Waals surface area contributed by atoms with Crippen LogP contribution in [0.25, 0.3) is 0 Å². The zero-order chi connectivity index (χ0) is 9.03. The number of nitrogens with one attached hydrogen (secondary N) is 2. The first-order chi connectivity index (χ1) is 5.64. The average molecular weight is 189 g/mol. The summed E-state index contributed by atoms with van der Waals surface area (Å²) in [6.45, 7) is 1.87. The third-order valence-corrected chi connectivity index (χ3v) is 2.77. The molecule has 5 nitrogen and oxygen atoms in total. The number of rotatable bonds is 4. The number of H-pyrrole nitrogens is 1. The molecule has 1 aromatic heterocycles. The van der Waals surface area contributed by atoms with Crippen LogP contribution in [-0.4, -0.2) is 24.4 Å². The van der Waals surface area contributed by atoms with Crippen LogP contribution in [0.15, 0.2) is 12.3 Å². The molecule has 0 aliphatic heterocycles. The van der Waals surface area contributed by atoms with Crippen molar-refractivity contribution in [1.29, 1.82) is 0 Å². The van der Waals surface area contributed by atoms with Crippen molar-refractivity contribution >= 4 is 10.0 Å². The first-order valence-corrected chi connectivity index (χ1v) is 5.25. The average Bonchev–Trinajstić information content (AvgIpc) is 2.53. The van der Waals surface area contributed by atoms with Crippen LogP contribution in [0.2, 0.25) is 0 Å². The lowest BCUT2D eigenvalue weighted by atomic mass is 10.4. The Morgan fingerprint density at radius 3 is 2.92 bits per heavy atom. The molecule has 0 saturated carbocycles. The summed E-state index contributed by atoms with van der Waals surface area (Å²) in [5.41, 5.74) is 0.757. The zero-order valence-electron chi connectivity index (χ0n) is 6.74. The molecule has 6 heteroatoms. The molecule has 0 aromatic carbocycles. The molecule has 68 valence electrons. The van der Waals surface area contributed by atoms with Crippen LogP contribution < -0.4 is 4.72 Å². The fourth-order valence-electron chi connectivity index (χ4n) is 0.673. The van der Waals surface area contributed by atoms with Crippen molar-refractivity contribution in [3.63, 3.8) is 0 Å². The van der Waals surface area contributed by atoms with Gasteiger partial charge in [-0.25, -0.2) is 13.1 Å². The molecule has 12 heavy (non-hydrogen) atoms. The maximum atomic E-state index is 10.9. The Balaban J connectivity index is 2.47. The number of sulfonamides is 1. The Morgan fingerprint density at radius 1 is 1.67 bits per heavy atom. The van der Waals surface area contributed by atoms with Crippen LogP contribution in [0.1, 0.15) is 12.6 Å². The number of nitrogens with zero attached hydrogens (tertiary/aromatic N) is 1. The van der Waals surface area contributed by atoms with E-state index in [1.807, 2.05) is 0 Å². The molecule has 0 amide bonds. The van der Waals surface area contributed by atoms with Crippen molar-refractivity contribution in [2.24, 2.45) is 0 Å². The van der Waals surface area contributed by atoms with Crippen molar-refractivity contribution in [1.82, 2.24) is 14.9 Å². The molecule has 0 fully saturated rings. The molecule has 0 spiro atoms. The summed E-state index contributed by atoms with van der Waals surface area (Å²) < 4.78 is 24.3. The molecule has 0 radical (unpaired) electrons. The van der Waals surface area contributed by atoms with Gasteiger partial charge in [0, 0.05) is 6.20 Å². The predicted molar refractivity (Wildman–Crippen MR) is 44.9 cm³/mol. The Morgan fingerprint density at radius 2 is 2.42 bits per heavy atom. The number of hydrogen-bond acceptors (Lipinski definition) is 3. The molecule has 0 aliphatic rings. The van der Waals surface area contributed by atoms with Crippen molar-refractivity contribution in [3.8, 4) is 0 Å². The molecule has 0 saturated heterocycles. The van der Waals surface area contributed by atoms with Crippen LogP contribution in [0.3, 0.4) is 0 Å². The summed E-state index contributed by atoms with van der Waals surface area (Å²) in [4.78, 5) is 0. The van der Waals surface area contributed by atoms with Gasteiger partial charge >= 0.3 is 0 Å². The van der Waals surface area contributed by atoms with Crippen LogP contribution in [0.5, 0.6) is 0 Å². The van der Waals surface area contributed by atoms with Gasteiger partial charge in [-0.1, -0.05) is 0 Å². The van der Waals surface area contributed by atoms with Gasteiger partial charge in [0.1, 0.15) is 0 Å². The van der Waals surface area contributed by atoms with Gasteiger partial charge in [-0.15, -0.1) is 0 Å². The summed E-state index contributed by atoms with van der Waals surface area (Å²) in [5, 5.41) is 6.35. The van der Waals surface area contributed by atoms with Gasteiger partial charge in [0.15, 0.2) is 0 Å². The summed E-state index contributed by atoms with van der Waals surface area (Å²) >= 11 is 0. The lowest BCUT2D eigenvalue weighted by Gasteiger charge is -2.00. The van der Waals surface area contributed by atoms with E-state index in [4.69, 9.17) is 0 Å². The second kappa shape index (κ2) is 3.68.